The number of halogens is 1. The van der Waals surface area contributed by atoms with Crippen molar-refractivity contribution in [1.82, 2.24) is 24.4 Å². The lowest BCUT2D eigenvalue weighted by molar-refractivity contribution is 0.0585. The minimum Gasteiger partial charge on any atom is -0.486 e. The second-order valence-electron chi connectivity index (χ2n) is 6.73. The fourth-order valence-electron chi connectivity index (χ4n) is 3.45. The van der Waals surface area contributed by atoms with Gasteiger partial charge in [-0.3, -0.25) is 0 Å². The molecule has 0 N–H and O–H groups in total. The van der Waals surface area contributed by atoms with Crippen molar-refractivity contribution < 1.29 is 14.3 Å². The Kier molecular flexibility index (Phi) is 4.76. The lowest BCUT2D eigenvalue weighted by atomic mass is 10.2. The van der Waals surface area contributed by atoms with Crippen molar-refractivity contribution in [3.05, 3.63) is 83.4 Å². The lowest BCUT2D eigenvalue weighted by Gasteiger charge is -2.14. The van der Waals surface area contributed by atoms with Crippen molar-refractivity contribution in [3.63, 3.8) is 0 Å². The number of benzene rings is 2. The Hall–Kier alpha value is -3.91. The van der Waals surface area contributed by atoms with Gasteiger partial charge < -0.3 is 9.47 Å². The van der Waals surface area contributed by atoms with Crippen LogP contribution in [0.4, 0.5) is 0 Å². The van der Waals surface area contributed by atoms with Gasteiger partial charge >= 0.3 is 5.97 Å². The Morgan fingerprint density at radius 3 is 2.58 bits per heavy atom. The van der Waals surface area contributed by atoms with Gasteiger partial charge in [0.1, 0.15) is 18.5 Å². The molecule has 0 spiro atoms. The first-order chi connectivity index (χ1) is 15.2. The third-order valence-electron chi connectivity index (χ3n) is 4.88. The Bertz CT molecular complexity index is 1390. The quantitative estimate of drug-likeness (QED) is 0.388. The zero-order valence-corrected chi connectivity index (χ0v) is 17.2. The minimum atomic E-state index is -0.584. The van der Waals surface area contributed by atoms with Crippen LogP contribution in [0.5, 0.6) is 5.75 Å². The summed E-state index contributed by atoms with van der Waals surface area (Å²) in [5.74, 6) is -0.261. The molecular formula is C22H16ClN5O3. The van der Waals surface area contributed by atoms with E-state index in [1.165, 1.54) is 18.0 Å². The smallest absolute Gasteiger partial charge is 0.360 e. The first kappa shape index (κ1) is 19.1. The summed E-state index contributed by atoms with van der Waals surface area (Å²) >= 11 is 6.04. The van der Waals surface area contributed by atoms with E-state index in [2.05, 4.69) is 15.2 Å². The highest BCUT2D eigenvalue weighted by Crippen LogP contribution is 2.34. The summed E-state index contributed by atoms with van der Waals surface area (Å²) in [5.41, 5.74) is 2.99. The van der Waals surface area contributed by atoms with E-state index in [4.69, 9.17) is 21.1 Å². The molecular weight excluding hydrogens is 418 g/mol. The van der Waals surface area contributed by atoms with Gasteiger partial charge in [0.15, 0.2) is 17.1 Å². The lowest BCUT2D eigenvalue weighted by Crippen LogP contribution is -2.13. The Morgan fingerprint density at radius 1 is 1.06 bits per heavy atom. The SMILES string of the molecule is COC(=O)c1c(OCc2ccccc2)c2cnn(-c3ccc(Cl)cc3)c2c2ncnn12. The maximum Gasteiger partial charge on any atom is 0.360 e. The maximum absolute atomic E-state index is 12.7. The number of aromatic nitrogens is 5. The fourth-order valence-corrected chi connectivity index (χ4v) is 3.58. The number of methoxy groups -OCH3 is 1. The van der Waals surface area contributed by atoms with Gasteiger partial charge in [-0.05, 0) is 29.8 Å². The van der Waals surface area contributed by atoms with Crippen LogP contribution in [0.2, 0.25) is 5.02 Å². The molecule has 0 saturated carbocycles. The standard InChI is InChI=1S/C22H16ClN5O3/c1-30-22(29)19-20(31-12-14-5-3-2-4-6-14)17-11-25-27(16-9-7-15(23)8-10-16)18(17)21-24-13-26-28(19)21/h2-11,13H,12H2,1H3. The first-order valence-electron chi connectivity index (χ1n) is 9.42. The van der Waals surface area contributed by atoms with Crippen LogP contribution < -0.4 is 4.74 Å². The monoisotopic (exact) mass is 433 g/mol. The molecule has 0 unspecified atom stereocenters. The van der Waals surface area contributed by atoms with E-state index >= 15 is 0 Å². The predicted octanol–water partition coefficient (Wildman–Crippen LogP) is 4.09. The summed E-state index contributed by atoms with van der Waals surface area (Å²) in [7, 11) is 1.31. The van der Waals surface area contributed by atoms with Crippen LogP contribution in [0, 0.1) is 0 Å². The number of carbonyl (C=O) groups is 1. The molecule has 0 aliphatic heterocycles. The van der Waals surface area contributed by atoms with Crippen LogP contribution in [0.15, 0.2) is 67.1 Å². The van der Waals surface area contributed by atoms with E-state index in [0.29, 0.717) is 27.3 Å². The van der Waals surface area contributed by atoms with E-state index in [9.17, 15) is 4.79 Å². The summed E-state index contributed by atoms with van der Waals surface area (Å²) in [6.07, 6.45) is 3.02. The van der Waals surface area contributed by atoms with Crippen LogP contribution in [-0.4, -0.2) is 37.5 Å². The van der Waals surface area contributed by atoms with Crippen LogP contribution in [0.1, 0.15) is 16.1 Å². The Labute approximate surface area is 181 Å². The zero-order chi connectivity index (χ0) is 21.4. The van der Waals surface area contributed by atoms with Gasteiger partial charge in [0.2, 0.25) is 0 Å². The molecule has 0 bridgehead atoms. The van der Waals surface area contributed by atoms with E-state index in [1.807, 2.05) is 42.5 Å². The van der Waals surface area contributed by atoms with Crippen molar-refractivity contribution >= 4 is 34.1 Å². The topological polar surface area (TPSA) is 83.5 Å². The molecule has 2 aromatic carbocycles. The number of pyridine rings is 1. The number of hydrogen-bond acceptors (Lipinski definition) is 6. The van der Waals surface area contributed by atoms with E-state index in [1.54, 1.807) is 23.0 Å². The number of fused-ring (bicyclic) bond motifs is 3. The van der Waals surface area contributed by atoms with Crippen LogP contribution >= 0.6 is 11.6 Å². The second kappa shape index (κ2) is 7.73. The highest BCUT2D eigenvalue weighted by atomic mass is 35.5. The molecule has 0 radical (unpaired) electrons. The van der Waals surface area contributed by atoms with Crippen LogP contribution in [0.25, 0.3) is 22.2 Å². The molecule has 8 nitrogen and oxygen atoms in total. The third-order valence-corrected chi connectivity index (χ3v) is 5.13. The fraction of sp³-hybridized carbons (Fsp3) is 0.0909. The maximum atomic E-state index is 12.7. The van der Waals surface area contributed by atoms with E-state index in [-0.39, 0.29) is 12.3 Å². The molecule has 0 aliphatic carbocycles. The molecule has 3 aromatic heterocycles. The van der Waals surface area contributed by atoms with Crippen molar-refractivity contribution in [3.8, 4) is 11.4 Å². The highest BCUT2D eigenvalue weighted by molar-refractivity contribution is 6.30. The number of esters is 1. The summed E-state index contributed by atoms with van der Waals surface area (Å²) < 4.78 is 14.3. The zero-order valence-electron chi connectivity index (χ0n) is 16.4. The molecule has 154 valence electrons. The van der Waals surface area contributed by atoms with Gasteiger partial charge in [-0.1, -0.05) is 41.9 Å². The normalized spacial score (nSPS) is 11.2. The summed E-state index contributed by atoms with van der Waals surface area (Å²) in [5, 5.41) is 10.0. The van der Waals surface area contributed by atoms with Crippen molar-refractivity contribution in [1.29, 1.82) is 0 Å². The largest absolute Gasteiger partial charge is 0.486 e. The van der Waals surface area contributed by atoms with Crippen molar-refractivity contribution in [2.45, 2.75) is 6.61 Å². The Morgan fingerprint density at radius 2 is 1.84 bits per heavy atom. The molecule has 0 fully saturated rings. The van der Waals surface area contributed by atoms with Crippen LogP contribution in [0.3, 0.4) is 0 Å². The second-order valence-corrected chi connectivity index (χ2v) is 7.17. The van der Waals surface area contributed by atoms with Gasteiger partial charge in [-0.25, -0.2) is 19.0 Å². The van der Waals surface area contributed by atoms with Crippen LogP contribution in [-0.2, 0) is 11.3 Å². The Balaban J connectivity index is 1.75. The number of hydrogen-bond donors (Lipinski definition) is 0. The van der Waals surface area contributed by atoms with Crippen molar-refractivity contribution in [2.24, 2.45) is 0 Å². The van der Waals surface area contributed by atoms with Gasteiger partial charge in [0.05, 0.1) is 24.4 Å². The predicted molar refractivity (Wildman–Crippen MR) is 115 cm³/mol. The molecule has 0 atom stereocenters. The first-order valence-corrected chi connectivity index (χ1v) is 9.79. The highest BCUT2D eigenvalue weighted by Gasteiger charge is 2.26. The third kappa shape index (κ3) is 3.27. The number of nitrogens with zero attached hydrogens (tertiary/aromatic N) is 5. The average Bonchev–Trinajstić information content (AvgIpc) is 3.45. The summed E-state index contributed by atoms with van der Waals surface area (Å²) in [6.45, 7) is 0.256. The summed E-state index contributed by atoms with van der Waals surface area (Å²) in [4.78, 5) is 17.0. The van der Waals surface area contributed by atoms with Gasteiger partial charge in [0.25, 0.3) is 0 Å². The molecule has 5 aromatic rings. The van der Waals surface area contributed by atoms with Gasteiger partial charge in [-0.2, -0.15) is 10.2 Å². The number of carbonyl (C=O) groups excluding carboxylic acids is 1. The molecule has 0 amide bonds. The number of ether oxygens (including phenoxy) is 2. The molecule has 0 saturated heterocycles. The van der Waals surface area contributed by atoms with Gasteiger partial charge in [0, 0.05) is 5.02 Å². The molecule has 3 heterocycles. The average molecular weight is 434 g/mol. The summed E-state index contributed by atoms with van der Waals surface area (Å²) in [6, 6.07) is 16.9. The molecule has 0 aliphatic rings. The molecule has 5 rings (SSSR count). The molecule has 9 heteroatoms. The van der Waals surface area contributed by atoms with Gasteiger partial charge in [-0.15, -0.1) is 0 Å². The molecule has 31 heavy (non-hydrogen) atoms. The van der Waals surface area contributed by atoms with E-state index in [0.717, 1.165) is 11.3 Å². The minimum absolute atomic E-state index is 0.147. The number of rotatable bonds is 5. The van der Waals surface area contributed by atoms with E-state index < -0.39 is 5.97 Å². The van der Waals surface area contributed by atoms with Crippen molar-refractivity contribution in [2.75, 3.05) is 7.11 Å².